The lowest BCUT2D eigenvalue weighted by molar-refractivity contribution is -0.141. The molecule has 4 atom stereocenters. The molecule has 1 aliphatic carbocycles. The lowest BCUT2D eigenvalue weighted by atomic mass is 10.0. The van der Waals surface area contributed by atoms with E-state index in [4.69, 9.17) is 14.6 Å². The molecule has 0 aromatic heterocycles. The highest BCUT2D eigenvalue weighted by Gasteiger charge is 2.57. The van der Waals surface area contributed by atoms with Crippen molar-refractivity contribution in [2.75, 3.05) is 20.2 Å². The number of carboxylic acid groups (broad SMARTS) is 1. The molecule has 142 valence electrons. The standard InChI is InChI=1S/C19H26N2O5/c1-11(2)26-13-6-4-12(5-7-13)16(8-17(22)25-3)20-18-14-9-21(19(23)24)10-15(14)18/h4-7,11,14-16,18,20H,8-10H2,1-3H3,(H,23,24)/t14-,15+,16?,18?. The Hall–Kier alpha value is -2.28. The van der Waals surface area contributed by atoms with Gasteiger partial charge in [-0.15, -0.1) is 0 Å². The molecule has 2 N–H and O–H groups in total. The molecule has 1 saturated carbocycles. The van der Waals surface area contributed by atoms with Crippen molar-refractivity contribution in [2.45, 2.75) is 38.5 Å². The molecule has 1 aliphatic heterocycles. The number of hydrogen-bond donors (Lipinski definition) is 2. The summed E-state index contributed by atoms with van der Waals surface area (Å²) in [6, 6.07) is 7.80. The van der Waals surface area contributed by atoms with E-state index in [1.165, 1.54) is 12.0 Å². The van der Waals surface area contributed by atoms with Crippen LogP contribution in [0.2, 0.25) is 0 Å². The second-order valence-electron chi connectivity index (χ2n) is 7.28. The number of amides is 1. The highest BCUT2D eigenvalue weighted by atomic mass is 16.5. The monoisotopic (exact) mass is 362 g/mol. The summed E-state index contributed by atoms with van der Waals surface area (Å²) in [5, 5.41) is 12.6. The number of hydrogen-bond acceptors (Lipinski definition) is 5. The van der Waals surface area contributed by atoms with Crippen LogP contribution in [-0.2, 0) is 9.53 Å². The van der Waals surface area contributed by atoms with Crippen molar-refractivity contribution >= 4 is 12.1 Å². The van der Waals surface area contributed by atoms with E-state index in [1.807, 2.05) is 38.1 Å². The van der Waals surface area contributed by atoms with Gasteiger partial charge in [-0.1, -0.05) is 12.1 Å². The second-order valence-corrected chi connectivity index (χ2v) is 7.28. The van der Waals surface area contributed by atoms with E-state index in [9.17, 15) is 9.59 Å². The molecule has 2 fully saturated rings. The fourth-order valence-electron chi connectivity index (χ4n) is 3.74. The first-order valence-electron chi connectivity index (χ1n) is 8.96. The number of esters is 1. The number of nitrogens with zero attached hydrogens (tertiary/aromatic N) is 1. The number of carbonyl (C=O) groups excluding carboxylic acids is 1. The normalized spacial score (nSPS) is 24.9. The predicted molar refractivity (Wildman–Crippen MR) is 95.1 cm³/mol. The maximum Gasteiger partial charge on any atom is 0.407 e. The van der Waals surface area contributed by atoms with Crippen LogP contribution >= 0.6 is 0 Å². The number of piperidine rings is 1. The molecule has 26 heavy (non-hydrogen) atoms. The molecule has 0 radical (unpaired) electrons. The van der Waals surface area contributed by atoms with E-state index >= 15 is 0 Å². The van der Waals surface area contributed by atoms with Crippen molar-refractivity contribution in [3.05, 3.63) is 29.8 Å². The van der Waals surface area contributed by atoms with Gasteiger partial charge in [0.05, 0.1) is 19.6 Å². The summed E-state index contributed by atoms with van der Waals surface area (Å²) < 4.78 is 10.5. The maximum atomic E-state index is 11.8. The van der Waals surface area contributed by atoms with Crippen molar-refractivity contribution in [1.29, 1.82) is 0 Å². The molecular weight excluding hydrogens is 336 g/mol. The quantitative estimate of drug-likeness (QED) is 0.724. The smallest absolute Gasteiger partial charge is 0.407 e. The Labute approximate surface area is 153 Å². The van der Waals surface area contributed by atoms with Crippen LogP contribution in [0, 0.1) is 11.8 Å². The second kappa shape index (κ2) is 7.53. The number of rotatable bonds is 7. The minimum Gasteiger partial charge on any atom is -0.491 e. The molecule has 1 heterocycles. The lowest BCUT2D eigenvalue weighted by Gasteiger charge is -2.22. The van der Waals surface area contributed by atoms with E-state index in [0.717, 1.165) is 11.3 Å². The Bertz CT molecular complexity index is 648. The number of likely N-dealkylation sites (tertiary alicyclic amines) is 1. The van der Waals surface area contributed by atoms with Gasteiger partial charge in [0.25, 0.3) is 0 Å². The third-order valence-corrected chi connectivity index (χ3v) is 5.11. The first-order chi connectivity index (χ1) is 12.4. The lowest BCUT2D eigenvalue weighted by Crippen LogP contribution is -2.36. The highest BCUT2D eigenvalue weighted by molar-refractivity contribution is 5.70. The van der Waals surface area contributed by atoms with Crippen molar-refractivity contribution in [1.82, 2.24) is 10.2 Å². The summed E-state index contributed by atoms with van der Waals surface area (Å²) in [5.41, 5.74) is 0.992. The van der Waals surface area contributed by atoms with Gasteiger partial charge < -0.3 is 24.8 Å². The van der Waals surface area contributed by atoms with Crippen LogP contribution < -0.4 is 10.1 Å². The zero-order valence-electron chi connectivity index (χ0n) is 15.3. The number of carbonyl (C=O) groups is 2. The molecule has 1 amide bonds. The zero-order valence-corrected chi connectivity index (χ0v) is 15.3. The zero-order chi connectivity index (χ0) is 18.8. The van der Waals surface area contributed by atoms with E-state index in [-0.39, 0.29) is 30.6 Å². The number of benzene rings is 1. The van der Waals surface area contributed by atoms with E-state index in [2.05, 4.69) is 5.32 Å². The summed E-state index contributed by atoms with van der Waals surface area (Å²) in [6.07, 6.45) is -0.518. The Kier molecular flexibility index (Phi) is 5.36. The van der Waals surface area contributed by atoms with Gasteiger partial charge in [-0.3, -0.25) is 4.79 Å². The SMILES string of the molecule is COC(=O)CC(NC1[C@H]2CN(C(=O)O)C[C@@H]12)c1ccc(OC(C)C)cc1. The fraction of sp³-hybridized carbons (Fsp3) is 0.579. The number of ether oxygens (including phenoxy) is 2. The molecule has 3 rings (SSSR count). The minimum absolute atomic E-state index is 0.105. The molecule has 1 aromatic carbocycles. The van der Waals surface area contributed by atoms with Crippen LogP contribution in [0.3, 0.4) is 0 Å². The average Bonchev–Trinajstić information content (AvgIpc) is 3.03. The molecular formula is C19H26N2O5. The Morgan fingerprint density at radius 3 is 2.35 bits per heavy atom. The van der Waals surface area contributed by atoms with Gasteiger partial charge in [0.15, 0.2) is 0 Å². The van der Waals surface area contributed by atoms with Gasteiger partial charge in [0.1, 0.15) is 5.75 Å². The topological polar surface area (TPSA) is 88.1 Å². The summed E-state index contributed by atoms with van der Waals surface area (Å²) in [6.45, 7) is 5.07. The van der Waals surface area contributed by atoms with E-state index in [1.54, 1.807) is 0 Å². The third-order valence-electron chi connectivity index (χ3n) is 5.11. The molecule has 2 unspecified atom stereocenters. The largest absolute Gasteiger partial charge is 0.491 e. The summed E-state index contributed by atoms with van der Waals surface area (Å²) >= 11 is 0. The van der Waals surface area contributed by atoms with Crippen LogP contribution in [0.4, 0.5) is 4.79 Å². The molecule has 2 aliphatic rings. The maximum absolute atomic E-state index is 11.8. The van der Waals surface area contributed by atoms with Gasteiger partial charge in [-0.25, -0.2) is 4.79 Å². The van der Waals surface area contributed by atoms with Gasteiger partial charge >= 0.3 is 12.1 Å². The molecule has 7 nitrogen and oxygen atoms in total. The summed E-state index contributed by atoms with van der Waals surface area (Å²) in [4.78, 5) is 24.3. The summed E-state index contributed by atoms with van der Waals surface area (Å²) in [7, 11) is 1.38. The average molecular weight is 362 g/mol. The number of methoxy groups -OCH3 is 1. The molecule has 1 saturated heterocycles. The van der Waals surface area contributed by atoms with E-state index < -0.39 is 6.09 Å². The van der Waals surface area contributed by atoms with Crippen molar-refractivity contribution in [3.8, 4) is 5.75 Å². The predicted octanol–water partition coefficient (Wildman–Crippen LogP) is 2.28. The van der Waals surface area contributed by atoms with Gasteiger partial charge in [-0.05, 0) is 43.4 Å². The van der Waals surface area contributed by atoms with Crippen LogP contribution in [0.5, 0.6) is 5.75 Å². The van der Waals surface area contributed by atoms with Crippen LogP contribution in [0.25, 0.3) is 0 Å². The Morgan fingerprint density at radius 2 is 1.85 bits per heavy atom. The third kappa shape index (κ3) is 4.09. The van der Waals surface area contributed by atoms with Crippen LogP contribution in [0.1, 0.15) is 31.9 Å². The number of fused-ring (bicyclic) bond motifs is 1. The van der Waals surface area contributed by atoms with E-state index in [0.29, 0.717) is 24.9 Å². The molecule has 1 aromatic rings. The van der Waals surface area contributed by atoms with Gasteiger partial charge in [0.2, 0.25) is 0 Å². The molecule has 7 heteroatoms. The van der Waals surface area contributed by atoms with Crippen molar-refractivity contribution in [2.24, 2.45) is 11.8 Å². The Balaban J connectivity index is 1.65. The molecule has 0 bridgehead atoms. The first-order valence-corrected chi connectivity index (χ1v) is 8.96. The minimum atomic E-state index is -0.859. The van der Waals surface area contributed by atoms with Gasteiger partial charge in [0, 0.05) is 25.2 Å². The fourth-order valence-corrected chi connectivity index (χ4v) is 3.74. The highest BCUT2D eigenvalue weighted by Crippen LogP contribution is 2.46. The van der Waals surface area contributed by atoms with Crippen LogP contribution in [-0.4, -0.2) is 54.4 Å². The molecule has 0 spiro atoms. The Morgan fingerprint density at radius 1 is 1.23 bits per heavy atom. The van der Waals surface area contributed by atoms with Crippen molar-refractivity contribution in [3.63, 3.8) is 0 Å². The van der Waals surface area contributed by atoms with Gasteiger partial charge in [-0.2, -0.15) is 0 Å². The number of nitrogens with one attached hydrogen (secondary N) is 1. The first kappa shape index (κ1) is 18.5. The van der Waals surface area contributed by atoms with Crippen LogP contribution in [0.15, 0.2) is 24.3 Å². The van der Waals surface area contributed by atoms with Crippen molar-refractivity contribution < 1.29 is 24.2 Å². The summed E-state index contributed by atoms with van der Waals surface area (Å²) in [5.74, 6) is 1.17.